The monoisotopic (exact) mass is 357 g/mol. The molecule has 0 radical (unpaired) electrons. The fourth-order valence-electron chi connectivity index (χ4n) is 2.05. The van der Waals surface area contributed by atoms with Gasteiger partial charge in [-0.1, -0.05) is 54.3 Å². The first-order chi connectivity index (χ1) is 12.0. The molecule has 0 aliphatic carbocycles. The molecule has 1 amide bonds. The molecule has 0 fully saturated rings. The maximum Gasteiger partial charge on any atom is 0.407 e. The summed E-state index contributed by atoms with van der Waals surface area (Å²) in [6.45, 7) is 0.530. The number of sulfone groups is 1. The van der Waals surface area contributed by atoms with Crippen LogP contribution in [0.3, 0.4) is 0 Å². The first kappa shape index (κ1) is 18.6. The standard InChI is InChI=1S/C19H19NO4S/c1-25(22,23)18-13-6-5-11-17(18)12-7-8-14-20-19(21)24-15-16-9-3-2-4-10-16/h2-6,9-11,13H,8,14-15H2,1H3,(H,20,21). The van der Waals surface area contributed by atoms with E-state index >= 15 is 0 Å². The molecule has 0 heterocycles. The normalized spacial score (nSPS) is 10.4. The molecule has 2 aromatic rings. The minimum Gasteiger partial charge on any atom is -0.445 e. The van der Waals surface area contributed by atoms with E-state index in [1.165, 1.54) is 6.07 Å². The summed E-state index contributed by atoms with van der Waals surface area (Å²) in [6, 6.07) is 16.0. The second kappa shape index (κ2) is 8.90. The molecule has 0 aliphatic heterocycles. The smallest absolute Gasteiger partial charge is 0.407 e. The van der Waals surface area contributed by atoms with Crippen molar-refractivity contribution in [1.82, 2.24) is 5.32 Å². The number of rotatable bonds is 5. The van der Waals surface area contributed by atoms with Gasteiger partial charge in [0.2, 0.25) is 0 Å². The number of hydrogen-bond donors (Lipinski definition) is 1. The topological polar surface area (TPSA) is 72.5 Å². The molecule has 0 aliphatic rings. The van der Waals surface area contributed by atoms with E-state index in [-0.39, 0.29) is 11.5 Å². The van der Waals surface area contributed by atoms with E-state index in [0.717, 1.165) is 11.8 Å². The highest BCUT2D eigenvalue weighted by Crippen LogP contribution is 2.13. The van der Waals surface area contributed by atoms with E-state index in [4.69, 9.17) is 4.74 Å². The summed E-state index contributed by atoms with van der Waals surface area (Å²) < 4.78 is 28.4. The first-order valence-corrected chi connectivity index (χ1v) is 9.58. The second-order valence-corrected chi connectivity index (χ2v) is 7.29. The van der Waals surface area contributed by atoms with Crippen LogP contribution in [-0.4, -0.2) is 27.3 Å². The van der Waals surface area contributed by atoms with Gasteiger partial charge >= 0.3 is 6.09 Å². The summed E-state index contributed by atoms with van der Waals surface area (Å²) in [6.07, 6.45) is 1.03. The lowest BCUT2D eigenvalue weighted by Gasteiger charge is -2.05. The molecular formula is C19H19NO4S. The van der Waals surface area contributed by atoms with E-state index in [1.807, 2.05) is 30.3 Å². The van der Waals surface area contributed by atoms with Gasteiger partial charge in [0.25, 0.3) is 0 Å². The van der Waals surface area contributed by atoms with Crippen LogP contribution in [0.5, 0.6) is 0 Å². The molecule has 0 saturated heterocycles. The van der Waals surface area contributed by atoms with Crippen LogP contribution in [0, 0.1) is 11.8 Å². The van der Waals surface area contributed by atoms with Gasteiger partial charge in [0, 0.05) is 24.8 Å². The lowest BCUT2D eigenvalue weighted by molar-refractivity contribution is 0.140. The lowest BCUT2D eigenvalue weighted by atomic mass is 10.2. The van der Waals surface area contributed by atoms with Gasteiger partial charge in [-0.2, -0.15) is 0 Å². The third-order valence-electron chi connectivity index (χ3n) is 3.24. The number of amides is 1. The summed E-state index contributed by atoms with van der Waals surface area (Å²) in [5, 5.41) is 2.60. The van der Waals surface area contributed by atoms with Crippen LogP contribution in [0.2, 0.25) is 0 Å². The molecule has 0 aromatic heterocycles. The summed E-state index contributed by atoms with van der Waals surface area (Å²) in [5.74, 6) is 5.69. The quantitative estimate of drug-likeness (QED) is 0.660. The molecule has 6 heteroatoms. The van der Waals surface area contributed by atoms with Gasteiger partial charge in [0.15, 0.2) is 9.84 Å². The van der Waals surface area contributed by atoms with Gasteiger partial charge in [-0.3, -0.25) is 0 Å². The summed E-state index contributed by atoms with van der Waals surface area (Å²) >= 11 is 0. The molecule has 25 heavy (non-hydrogen) atoms. The Morgan fingerprint density at radius 2 is 1.76 bits per heavy atom. The Kier molecular flexibility index (Phi) is 6.61. The largest absolute Gasteiger partial charge is 0.445 e. The SMILES string of the molecule is CS(=O)(=O)c1ccccc1C#CCCNC(=O)OCc1ccccc1. The Morgan fingerprint density at radius 3 is 2.48 bits per heavy atom. The second-order valence-electron chi connectivity index (χ2n) is 5.31. The zero-order valence-electron chi connectivity index (χ0n) is 13.9. The molecular weight excluding hydrogens is 338 g/mol. The summed E-state index contributed by atoms with van der Waals surface area (Å²) in [7, 11) is -3.32. The third-order valence-corrected chi connectivity index (χ3v) is 4.40. The highest BCUT2D eigenvalue weighted by atomic mass is 32.2. The van der Waals surface area contributed by atoms with Crippen molar-refractivity contribution in [3.8, 4) is 11.8 Å². The van der Waals surface area contributed by atoms with Crippen LogP contribution in [-0.2, 0) is 21.2 Å². The average Bonchev–Trinajstić information content (AvgIpc) is 2.60. The van der Waals surface area contributed by atoms with Crippen LogP contribution in [0.25, 0.3) is 0 Å². The summed E-state index contributed by atoms with van der Waals surface area (Å²) in [5.41, 5.74) is 1.37. The van der Waals surface area contributed by atoms with Crippen molar-refractivity contribution in [3.05, 3.63) is 65.7 Å². The Morgan fingerprint density at radius 1 is 1.08 bits per heavy atom. The molecule has 0 bridgehead atoms. The van der Waals surface area contributed by atoms with E-state index in [0.29, 0.717) is 18.5 Å². The first-order valence-electron chi connectivity index (χ1n) is 7.69. The highest BCUT2D eigenvalue weighted by molar-refractivity contribution is 7.90. The van der Waals surface area contributed by atoms with Gasteiger partial charge in [0.05, 0.1) is 4.90 Å². The van der Waals surface area contributed by atoms with Crippen molar-refractivity contribution < 1.29 is 17.9 Å². The zero-order valence-corrected chi connectivity index (χ0v) is 14.7. The van der Waals surface area contributed by atoms with Gasteiger partial charge in [0.1, 0.15) is 6.61 Å². The number of hydrogen-bond acceptors (Lipinski definition) is 4. The Labute approximate surface area is 147 Å². The molecule has 2 rings (SSSR count). The van der Waals surface area contributed by atoms with E-state index in [2.05, 4.69) is 17.2 Å². The van der Waals surface area contributed by atoms with Crippen molar-refractivity contribution in [2.24, 2.45) is 0 Å². The van der Waals surface area contributed by atoms with E-state index in [1.54, 1.807) is 18.2 Å². The Bertz CT molecular complexity index is 880. The fraction of sp³-hybridized carbons (Fsp3) is 0.211. The minimum atomic E-state index is -3.32. The van der Waals surface area contributed by atoms with Gasteiger partial charge < -0.3 is 10.1 Å². The fourth-order valence-corrected chi connectivity index (χ4v) is 2.90. The van der Waals surface area contributed by atoms with Gasteiger partial charge in [-0.05, 0) is 17.7 Å². The highest BCUT2D eigenvalue weighted by Gasteiger charge is 2.10. The van der Waals surface area contributed by atoms with Crippen LogP contribution in [0.1, 0.15) is 17.5 Å². The minimum absolute atomic E-state index is 0.206. The maximum absolute atomic E-state index is 11.7. The van der Waals surface area contributed by atoms with Crippen LogP contribution in [0.15, 0.2) is 59.5 Å². The van der Waals surface area contributed by atoms with Crippen molar-refractivity contribution in [2.75, 3.05) is 12.8 Å². The van der Waals surface area contributed by atoms with Gasteiger partial charge in [-0.15, -0.1) is 0 Å². The molecule has 1 N–H and O–H groups in total. The average molecular weight is 357 g/mol. The van der Waals surface area contributed by atoms with E-state index < -0.39 is 15.9 Å². The maximum atomic E-state index is 11.7. The number of carbonyl (C=O) groups excluding carboxylic acids is 1. The molecule has 5 nitrogen and oxygen atoms in total. The van der Waals surface area contributed by atoms with Crippen molar-refractivity contribution >= 4 is 15.9 Å². The molecule has 2 aromatic carbocycles. The molecule has 0 atom stereocenters. The number of carbonyl (C=O) groups is 1. The van der Waals surface area contributed by atoms with Gasteiger partial charge in [-0.25, -0.2) is 13.2 Å². The number of benzene rings is 2. The van der Waals surface area contributed by atoms with Crippen LogP contribution in [0.4, 0.5) is 4.79 Å². The molecule has 0 saturated carbocycles. The predicted octanol–water partition coefficient (Wildman–Crippen LogP) is 2.76. The Balaban J connectivity index is 1.79. The van der Waals surface area contributed by atoms with E-state index in [9.17, 15) is 13.2 Å². The molecule has 0 unspecified atom stereocenters. The van der Waals surface area contributed by atoms with Crippen molar-refractivity contribution in [1.29, 1.82) is 0 Å². The number of alkyl carbamates (subject to hydrolysis) is 1. The van der Waals surface area contributed by atoms with Crippen molar-refractivity contribution in [3.63, 3.8) is 0 Å². The summed E-state index contributed by atoms with van der Waals surface area (Å²) in [4.78, 5) is 11.8. The number of ether oxygens (including phenoxy) is 1. The molecule has 130 valence electrons. The van der Waals surface area contributed by atoms with Crippen LogP contribution >= 0.6 is 0 Å². The lowest BCUT2D eigenvalue weighted by Crippen LogP contribution is -2.24. The van der Waals surface area contributed by atoms with Crippen molar-refractivity contribution in [2.45, 2.75) is 17.9 Å². The Hall–Kier alpha value is -2.78. The predicted molar refractivity (Wildman–Crippen MR) is 95.7 cm³/mol. The third kappa shape index (κ3) is 6.32. The molecule has 0 spiro atoms. The zero-order chi connectivity index (χ0) is 18.1. The number of nitrogens with one attached hydrogen (secondary N) is 1. The van der Waals surface area contributed by atoms with Crippen LogP contribution < -0.4 is 5.32 Å².